The lowest BCUT2D eigenvalue weighted by Crippen LogP contribution is -2.28. The molecule has 0 spiro atoms. The molecule has 7 heteroatoms. The number of anilines is 1. The number of aromatic nitrogens is 2. The molecule has 2 rings (SSSR count). The number of nitrogens with two attached hydrogens (primary N) is 1. The fourth-order valence-electron chi connectivity index (χ4n) is 1.97. The summed E-state index contributed by atoms with van der Waals surface area (Å²) in [6.07, 6.45) is -0.408. The highest BCUT2D eigenvalue weighted by molar-refractivity contribution is 5.70. The Morgan fingerprint density at radius 2 is 2.18 bits per heavy atom. The van der Waals surface area contributed by atoms with Crippen molar-refractivity contribution in [2.45, 2.75) is 19.5 Å². The first-order valence-corrected chi connectivity index (χ1v) is 5.13. The van der Waals surface area contributed by atoms with Gasteiger partial charge in [0, 0.05) is 5.56 Å². The number of amides is 1. The molecule has 1 amide bonds. The Hall–Kier alpha value is -2.05. The van der Waals surface area contributed by atoms with Gasteiger partial charge in [0.15, 0.2) is 0 Å². The molecule has 0 aromatic carbocycles. The van der Waals surface area contributed by atoms with Gasteiger partial charge < -0.3 is 15.2 Å². The molecular formula is C10H14N4O3. The Morgan fingerprint density at radius 1 is 1.47 bits per heavy atom. The van der Waals surface area contributed by atoms with Crippen LogP contribution in [0.4, 0.5) is 10.6 Å². The number of ether oxygens (including phenoxy) is 2. The number of rotatable bonds is 1. The van der Waals surface area contributed by atoms with Gasteiger partial charge in [0.2, 0.25) is 0 Å². The molecule has 1 aromatic rings. The van der Waals surface area contributed by atoms with Crippen molar-refractivity contribution in [3.05, 3.63) is 11.3 Å². The maximum atomic E-state index is 11.5. The van der Waals surface area contributed by atoms with E-state index in [1.165, 1.54) is 19.1 Å². The lowest BCUT2D eigenvalue weighted by molar-refractivity contribution is 0.111. The first-order chi connectivity index (χ1) is 8.08. The molecule has 0 bridgehead atoms. The van der Waals surface area contributed by atoms with E-state index in [9.17, 15) is 4.79 Å². The third kappa shape index (κ3) is 1.73. The van der Waals surface area contributed by atoms with Crippen LogP contribution in [0.1, 0.15) is 24.2 Å². The highest BCUT2D eigenvalue weighted by Crippen LogP contribution is 2.36. The number of hydrogen-bond acceptors (Lipinski definition) is 6. The van der Waals surface area contributed by atoms with Crippen molar-refractivity contribution in [2.75, 3.05) is 20.0 Å². The summed E-state index contributed by atoms with van der Waals surface area (Å²) in [5.74, 6) is 0.339. The molecule has 7 nitrogen and oxygen atoms in total. The van der Waals surface area contributed by atoms with Crippen LogP contribution in [0, 0.1) is 0 Å². The van der Waals surface area contributed by atoms with Crippen LogP contribution in [0.2, 0.25) is 0 Å². The van der Waals surface area contributed by atoms with Crippen LogP contribution in [-0.2, 0) is 11.3 Å². The van der Waals surface area contributed by atoms with Crippen LogP contribution >= 0.6 is 0 Å². The van der Waals surface area contributed by atoms with Gasteiger partial charge in [-0.05, 0) is 6.92 Å². The Bertz CT molecular complexity index is 463. The molecule has 2 N–H and O–H groups in total. The van der Waals surface area contributed by atoms with Crippen LogP contribution in [0.25, 0.3) is 0 Å². The zero-order valence-corrected chi connectivity index (χ0v) is 9.93. The van der Waals surface area contributed by atoms with Crippen LogP contribution in [0.5, 0.6) is 6.01 Å². The lowest BCUT2D eigenvalue weighted by Gasteiger charge is -2.19. The van der Waals surface area contributed by atoms with Gasteiger partial charge >= 0.3 is 12.1 Å². The van der Waals surface area contributed by atoms with Crippen molar-refractivity contribution in [3.63, 3.8) is 0 Å². The molecule has 0 radical (unpaired) electrons. The third-order valence-electron chi connectivity index (χ3n) is 2.83. The Kier molecular flexibility index (Phi) is 2.74. The molecule has 0 fully saturated rings. The molecule has 1 aromatic heterocycles. The standard InChI is InChI=1S/C10H14N4O3/c1-5-7-6(4-14(5)10(15)17-3)12-9(16-2)13-8(7)11/h5H,4H2,1-3H3,(H2,11,12,13). The van der Waals surface area contributed by atoms with E-state index < -0.39 is 6.09 Å². The summed E-state index contributed by atoms with van der Waals surface area (Å²) in [5, 5.41) is 0. The van der Waals surface area contributed by atoms with Crippen LogP contribution < -0.4 is 10.5 Å². The van der Waals surface area contributed by atoms with Gasteiger partial charge in [-0.15, -0.1) is 0 Å². The highest BCUT2D eigenvalue weighted by atomic mass is 16.5. The van der Waals surface area contributed by atoms with Gasteiger partial charge in [0.1, 0.15) is 5.82 Å². The monoisotopic (exact) mass is 238 g/mol. The topological polar surface area (TPSA) is 90.6 Å². The van der Waals surface area contributed by atoms with Crippen LogP contribution in [-0.4, -0.2) is 35.2 Å². The van der Waals surface area contributed by atoms with Crippen molar-refractivity contribution >= 4 is 11.9 Å². The highest BCUT2D eigenvalue weighted by Gasteiger charge is 2.35. The first-order valence-electron chi connectivity index (χ1n) is 5.13. The van der Waals surface area contributed by atoms with Crippen molar-refractivity contribution in [1.29, 1.82) is 0 Å². The van der Waals surface area contributed by atoms with Crippen LogP contribution in [0.3, 0.4) is 0 Å². The van der Waals surface area contributed by atoms with E-state index in [2.05, 4.69) is 9.97 Å². The number of carbonyl (C=O) groups is 1. The average Bonchev–Trinajstić information content (AvgIpc) is 2.66. The number of carbonyl (C=O) groups excluding carboxylic acids is 1. The summed E-state index contributed by atoms with van der Waals surface area (Å²) >= 11 is 0. The first kappa shape index (κ1) is 11.4. The normalized spacial score (nSPS) is 17.8. The zero-order valence-electron chi connectivity index (χ0n) is 9.93. The van der Waals surface area contributed by atoms with E-state index in [0.717, 1.165) is 5.56 Å². The molecule has 17 heavy (non-hydrogen) atoms. The van der Waals surface area contributed by atoms with Gasteiger partial charge in [-0.25, -0.2) is 4.79 Å². The van der Waals surface area contributed by atoms with Gasteiger partial charge in [-0.3, -0.25) is 4.90 Å². The summed E-state index contributed by atoms with van der Waals surface area (Å²) in [7, 11) is 2.81. The molecular weight excluding hydrogens is 224 g/mol. The van der Waals surface area contributed by atoms with E-state index in [1.807, 2.05) is 6.92 Å². The van der Waals surface area contributed by atoms with E-state index in [-0.39, 0.29) is 12.1 Å². The van der Waals surface area contributed by atoms with Gasteiger partial charge in [-0.2, -0.15) is 9.97 Å². The third-order valence-corrected chi connectivity index (χ3v) is 2.83. The largest absolute Gasteiger partial charge is 0.467 e. The zero-order chi connectivity index (χ0) is 12.6. The quantitative estimate of drug-likeness (QED) is 0.774. The van der Waals surface area contributed by atoms with E-state index in [1.54, 1.807) is 0 Å². The maximum Gasteiger partial charge on any atom is 0.410 e. The molecule has 0 saturated carbocycles. The Morgan fingerprint density at radius 3 is 2.76 bits per heavy atom. The second-order valence-corrected chi connectivity index (χ2v) is 3.73. The van der Waals surface area contributed by atoms with Crippen LogP contribution in [0.15, 0.2) is 0 Å². The number of methoxy groups -OCH3 is 2. The fraction of sp³-hybridized carbons (Fsp3) is 0.500. The van der Waals surface area contributed by atoms with Gasteiger partial charge in [0.05, 0.1) is 32.5 Å². The summed E-state index contributed by atoms with van der Waals surface area (Å²) in [6.45, 7) is 2.21. The number of fused-ring (bicyclic) bond motifs is 1. The molecule has 1 atom stereocenters. The number of nitrogens with zero attached hydrogens (tertiary/aromatic N) is 3. The van der Waals surface area contributed by atoms with Crippen molar-refractivity contribution in [2.24, 2.45) is 0 Å². The van der Waals surface area contributed by atoms with Gasteiger partial charge in [-0.1, -0.05) is 0 Å². The minimum Gasteiger partial charge on any atom is -0.467 e. The number of nitrogen functional groups attached to an aromatic ring is 1. The Labute approximate surface area is 98.5 Å². The fourth-order valence-corrected chi connectivity index (χ4v) is 1.97. The molecule has 92 valence electrons. The summed E-state index contributed by atoms with van der Waals surface area (Å²) < 4.78 is 9.64. The predicted molar refractivity (Wildman–Crippen MR) is 59.4 cm³/mol. The molecule has 1 aliphatic heterocycles. The second kappa shape index (κ2) is 4.08. The van der Waals surface area contributed by atoms with Crippen molar-refractivity contribution in [1.82, 2.24) is 14.9 Å². The van der Waals surface area contributed by atoms with Crippen molar-refractivity contribution in [3.8, 4) is 6.01 Å². The molecule has 0 aliphatic carbocycles. The average molecular weight is 238 g/mol. The predicted octanol–water partition coefficient (Wildman–Crippen LogP) is 0.710. The van der Waals surface area contributed by atoms with Gasteiger partial charge in [0.25, 0.3) is 0 Å². The van der Waals surface area contributed by atoms with E-state index >= 15 is 0 Å². The minimum absolute atomic E-state index is 0.191. The summed E-state index contributed by atoms with van der Waals surface area (Å²) in [4.78, 5) is 21.3. The molecule has 0 saturated heterocycles. The van der Waals surface area contributed by atoms with Crippen molar-refractivity contribution < 1.29 is 14.3 Å². The maximum absolute atomic E-state index is 11.5. The minimum atomic E-state index is -0.408. The summed E-state index contributed by atoms with van der Waals surface area (Å²) in [6, 6.07) is 0.0171. The molecule has 1 aliphatic rings. The SMILES string of the molecule is COC(=O)N1Cc2nc(OC)nc(N)c2C1C. The molecule has 2 heterocycles. The lowest BCUT2D eigenvalue weighted by atomic mass is 10.1. The van der Waals surface area contributed by atoms with E-state index in [0.29, 0.717) is 18.1 Å². The Balaban J connectivity index is 2.40. The summed E-state index contributed by atoms with van der Waals surface area (Å²) in [5.41, 5.74) is 7.29. The smallest absolute Gasteiger partial charge is 0.410 e. The molecule has 1 unspecified atom stereocenters. The van der Waals surface area contributed by atoms with E-state index in [4.69, 9.17) is 15.2 Å². The number of hydrogen-bond donors (Lipinski definition) is 1. The second-order valence-electron chi connectivity index (χ2n) is 3.73.